The van der Waals surface area contributed by atoms with E-state index in [2.05, 4.69) is 39.5 Å². The number of hydrogen-bond acceptors (Lipinski definition) is 2. The van der Waals surface area contributed by atoms with Crippen molar-refractivity contribution in [3.8, 4) is 0 Å². The van der Waals surface area contributed by atoms with Gasteiger partial charge in [0.1, 0.15) is 0 Å². The minimum absolute atomic E-state index is 0.290. The van der Waals surface area contributed by atoms with Crippen LogP contribution in [0.2, 0.25) is 0 Å². The van der Waals surface area contributed by atoms with Crippen LogP contribution in [0.15, 0.2) is 0 Å². The quantitative estimate of drug-likeness (QED) is 0.826. The average Bonchev–Trinajstić information content (AvgIpc) is 2.35. The third-order valence-corrected chi connectivity index (χ3v) is 6.12. The normalized spacial score (nSPS) is 39.2. The summed E-state index contributed by atoms with van der Waals surface area (Å²) in [5.74, 6) is 1.63. The summed E-state index contributed by atoms with van der Waals surface area (Å²) in [6.07, 6.45) is 6.62. The molecule has 0 aromatic rings. The highest BCUT2D eigenvalue weighted by molar-refractivity contribution is 5.01. The van der Waals surface area contributed by atoms with Gasteiger partial charge in [0, 0.05) is 24.7 Å². The predicted molar refractivity (Wildman–Crippen MR) is 83.1 cm³/mol. The van der Waals surface area contributed by atoms with Gasteiger partial charge in [-0.3, -0.25) is 4.90 Å². The van der Waals surface area contributed by atoms with Crippen LogP contribution in [-0.2, 0) is 0 Å². The van der Waals surface area contributed by atoms with Gasteiger partial charge in [0.25, 0.3) is 0 Å². The van der Waals surface area contributed by atoms with Crippen molar-refractivity contribution in [2.24, 2.45) is 23.0 Å². The first kappa shape index (κ1) is 15.3. The molecule has 2 fully saturated rings. The maximum atomic E-state index is 6.27. The lowest BCUT2D eigenvalue weighted by Crippen LogP contribution is -2.63. The SMILES string of the molecule is CC1CC(C)C(C)N(C2(CN)CCC(C)(C)CC2)C1. The lowest BCUT2D eigenvalue weighted by atomic mass is 9.67. The lowest BCUT2D eigenvalue weighted by Gasteiger charge is -2.55. The van der Waals surface area contributed by atoms with Crippen LogP contribution >= 0.6 is 0 Å². The van der Waals surface area contributed by atoms with E-state index < -0.39 is 0 Å². The van der Waals surface area contributed by atoms with E-state index in [-0.39, 0.29) is 5.54 Å². The van der Waals surface area contributed by atoms with Gasteiger partial charge in [-0.2, -0.15) is 0 Å². The molecule has 0 radical (unpaired) electrons. The Morgan fingerprint density at radius 2 is 1.63 bits per heavy atom. The maximum Gasteiger partial charge on any atom is 0.0335 e. The summed E-state index contributed by atoms with van der Waals surface area (Å²) in [4.78, 5) is 2.79. The molecule has 112 valence electrons. The highest BCUT2D eigenvalue weighted by Crippen LogP contribution is 2.45. The van der Waals surface area contributed by atoms with Crippen molar-refractivity contribution in [2.75, 3.05) is 13.1 Å². The van der Waals surface area contributed by atoms with Gasteiger partial charge in [0.15, 0.2) is 0 Å². The van der Waals surface area contributed by atoms with E-state index in [4.69, 9.17) is 5.73 Å². The minimum atomic E-state index is 0.290. The van der Waals surface area contributed by atoms with Gasteiger partial charge in [0.2, 0.25) is 0 Å². The third kappa shape index (κ3) is 3.00. The molecule has 1 aliphatic carbocycles. The number of likely N-dealkylation sites (tertiary alicyclic amines) is 1. The highest BCUT2D eigenvalue weighted by Gasteiger charge is 2.45. The molecule has 2 heteroatoms. The van der Waals surface area contributed by atoms with Gasteiger partial charge < -0.3 is 5.73 Å². The summed E-state index contributed by atoms with van der Waals surface area (Å²) in [6.45, 7) is 14.2. The third-order valence-electron chi connectivity index (χ3n) is 6.12. The smallest absolute Gasteiger partial charge is 0.0335 e. The number of nitrogens with zero attached hydrogens (tertiary/aromatic N) is 1. The Labute approximate surface area is 120 Å². The fraction of sp³-hybridized carbons (Fsp3) is 1.00. The van der Waals surface area contributed by atoms with Crippen molar-refractivity contribution in [3.05, 3.63) is 0 Å². The second-order valence-electron chi connectivity index (χ2n) is 8.30. The van der Waals surface area contributed by atoms with Gasteiger partial charge in [-0.25, -0.2) is 0 Å². The molecule has 0 spiro atoms. The molecule has 2 rings (SSSR count). The largest absolute Gasteiger partial charge is 0.329 e. The molecule has 3 atom stereocenters. The molecular weight excluding hydrogens is 232 g/mol. The van der Waals surface area contributed by atoms with Crippen molar-refractivity contribution < 1.29 is 0 Å². The van der Waals surface area contributed by atoms with E-state index >= 15 is 0 Å². The second-order valence-corrected chi connectivity index (χ2v) is 8.30. The summed E-state index contributed by atoms with van der Waals surface area (Å²) in [6, 6.07) is 0.695. The zero-order chi connectivity index (χ0) is 14.3. The van der Waals surface area contributed by atoms with Crippen LogP contribution in [0, 0.1) is 17.3 Å². The van der Waals surface area contributed by atoms with Crippen molar-refractivity contribution in [1.82, 2.24) is 4.90 Å². The first-order valence-corrected chi connectivity index (χ1v) is 8.26. The van der Waals surface area contributed by atoms with Gasteiger partial charge in [-0.05, 0) is 56.3 Å². The molecule has 2 N–H and O–H groups in total. The Morgan fingerprint density at radius 1 is 1.05 bits per heavy atom. The van der Waals surface area contributed by atoms with Crippen molar-refractivity contribution in [3.63, 3.8) is 0 Å². The molecule has 0 aromatic carbocycles. The molecular formula is C17H34N2. The zero-order valence-corrected chi connectivity index (χ0v) is 13.7. The van der Waals surface area contributed by atoms with Crippen LogP contribution in [0.1, 0.15) is 66.7 Å². The summed E-state index contributed by atoms with van der Waals surface area (Å²) >= 11 is 0. The molecule has 1 heterocycles. The van der Waals surface area contributed by atoms with Gasteiger partial charge >= 0.3 is 0 Å². The van der Waals surface area contributed by atoms with Crippen LogP contribution in [0.4, 0.5) is 0 Å². The molecule has 0 amide bonds. The van der Waals surface area contributed by atoms with E-state index in [0.717, 1.165) is 18.4 Å². The maximum absolute atomic E-state index is 6.27. The Hall–Kier alpha value is -0.0800. The number of piperidine rings is 1. The molecule has 1 aliphatic heterocycles. The minimum Gasteiger partial charge on any atom is -0.329 e. The number of hydrogen-bond donors (Lipinski definition) is 1. The Morgan fingerprint density at radius 3 is 2.16 bits per heavy atom. The van der Waals surface area contributed by atoms with Gasteiger partial charge in [-0.15, -0.1) is 0 Å². The van der Waals surface area contributed by atoms with Crippen LogP contribution in [-0.4, -0.2) is 29.6 Å². The summed E-state index contributed by atoms with van der Waals surface area (Å²) in [5, 5.41) is 0. The van der Waals surface area contributed by atoms with Gasteiger partial charge in [0.05, 0.1) is 0 Å². The zero-order valence-electron chi connectivity index (χ0n) is 13.7. The first-order valence-electron chi connectivity index (χ1n) is 8.26. The molecule has 0 aromatic heterocycles. The summed E-state index contributed by atoms with van der Waals surface area (Å²) < 4.78 is 0. The van der Waals surface area contributed by atoms with Crippen LogP contribution in [0.5, 0.6) is 0 Å². The molecule has 2 nitrogen and oxygen atoms in total. The highest BCUT2D eigenvalue weighted by atomic mass is 15.2. The van der Waals surface area contributed by atoms with Crippen molar-refractivity contribution in [1.29, 1.82) is 0 Å². The van der Waals surface area contributed by atoms with Crippen LogP contribution < -0.4 is 5.73 Å². The first-order chi connectivity index (χ1) is 8.80. The van der Waals surface area contributed by atoms with Crippen molar-refractivity contribution in [2.45, 2.75) is 78.3 Å². The van der Waals surface area contributed by atoms with E-state index in [1.807, 2.05) is 0 Å². The molecule has 19 heavy (non-hydrogen) atoms. The fourth-order valence-corrected chi connectivity index (χ4v) is 4.34. The summed E-state index contributed by atoms with van der Waals surface area (Å²) in [7, 11) is 0. The Balaban J connectivity index is 2.16. The monoisotopic (exact) mass is 266 g/mol. The Bertz CT molecular complexity index is 300. The van der Waals surface area contributed by atoms with E-state index in [1.165, 1.54) is 38.6 Å². The van der Waals surface area contributed by atoms with E-state index in [1.54, 1.807) is 0 Å². The fourth-order valence-electron chi connectivity index (χ4n) is 4.34. The molecule has 1 saturated carbocycles. The molecule has 2 aliphatic rings. The number of rotatable bonds is 2. The topological polar surface area (TPSA) is 29.3 Å². The van der Waals surface area contributed by atoms with Crippen molar-refractivity contribution >= 4 is 0 Å². The Kier molecular flexibility index (Phi) is 4.32. The standard InChI is InChI=1S/C17H34N2/c1-13-10-14(2)15(3)19(11-13)17(12-18)8-6-16(4,5)7-9-17/h13-15H,6-12,18H2,1-5H3. The van der Waals surface area contributed by atoms with Crippen LogP contribution in [0.3, 0.4) is 0 Å². The molecule has 0 bridgehead atoms. The average molecular weight is 266 g/mol. The van der Waals surface area contributed by atoms with E-state index in [9.17, 15) is 0 Å². The summed E-state index contributed by atoms with van der Waals surface area (Å²) in [5.41, 5.74) is 7.08. The van der Waals surface area contributed by atoms with Gasteiger partial charge in [-0.1, -0.05) is 27.7 Å². The van der Waals surface area contributed by atoms with E-state index in [0.29, 0.717) is 11.5 Å². The van der Waals surface area contributed by atoms with Crippen LogP contribution in [0.25, 0.3) is 0 Å². The number of nitrogens with two attached hydrogens (primary N) is 1. The predicted octanol–water partition coefficient (Wildman–Crippen LogP) is 3.65. The second kappa shape index (κ2) is 5.37. The molecule has 3 unspecified atom stereocenters. The molecule has 1 saturated heterocycles. The lowest BCUT2D eigenvalue weighted by molar-refractivity contribution is -0.0502.